The van der Waals surface area contributed by atoms with Crippen molar-refractivity contribution in [2.24, 2.45) is 0 Å². The first-order chi connectivity index (χ1) is 8.38. The van der Waals surface area contributed by atoms with Crippen LogP contribution in [0.2, 0.25) is 4.34 Å². The lowest BCUT2D eigenvalue weighted by Crippen LogP contribution is -2.40. The molecule has 1 aromatic heterocycles. The molecule has 4 nitrogen and oxygen atoms in total. The first-order valence-electron chi connectivity index (χ1n) is 5.65. The lowest BCUT2D eigenvalue weighted by molar-refractivity contribution is -0.122. The minimum Gasteiger partial charge on any atom is -0.353 e. The Bertz CT molecular complexity index is 431. The molecule has 0 radical (unpaired) electrons. The number of ketones is 1. The second-order valence-electron chi connectivity index (χ2n) is 4.42. The summed E-state index contributed by atoms with van der Waals surface area (Å²) in [6, 6.07) is 3.51. The van der Waals surface area contributed by atoms with Crippen molar-refractivity contribution >= 4 is 34.6 Å². The van der Waals surface area contributed by atoms with Gasteiger partial charge in [-0.2, -0.15) is 0 Å². The van der Waals surface area contributed by atoms with Gasteiger partial charge in [0, 0.05) is 6.04 Å². The number of thiophene rings is 1. The van der Waals surface area contributed by atoms with E-state index >= 15 is 0 Å². The summed E-state index contributed by atoms with van der Waals surface area (Å²) >= 11 is 7.03. The molecule has 1 heterocycles. The predicted molar refractivity (Wildman–Crippen MR) is 74.4 cm³/mol. The highest BCUT2D eigenvalue weighted by molar-refractivity contribution is 7.18. The first-order valence-corrected chi connectivity index (χ1v) is 6.84. The van der Waals surface area contributed by atoms with Crippen molar-refractivity contribution in [3.8, 4) is 0 Å². The Kier molecular flexibility index (Phi) is 5.78. The van der Waals surface area contributed by atoms with E-state index in [1.165, 1.54) is 11.3 Å². The van der Waals surface area contributed by atoms with Gasteiger partial charge in [-0.05, 0) is 33.0 Å². The highest BCUT2D eigenvalue weighted by atomic mass is 35.5. The Hall–Kier alpha value is -0.910. The third-order valence-electron chi connectivity index (χ3n) is 2.12. The number of likely N-dealkylation sites (N-methyl/N-ethyl adjacent to an activating group) is 1. The fraction of sp³-hybridized carbons (Fsp3) is 0.500. The van der Waals surface area contributed by atoms with Gasteiger partial charge >= 0.3 is 0 Å². The quantitative estimate of drug-likeness (QED) is 0.815. The van der Waals surface area contributed by atoms with Gasteiger partial charge < -0.3 is 5.32 Å². The monoisotopic (exact) mass is 288 g/mol. The topological polar surface area (TPSA) is 49.4 Å². The molecule has 100 valence electrons. The van der Waals surface area contributed by atoms with Crippen molar-refractivity contribution in [1.82, 2.24) is 10.2 Å². The van der Waals surface area contributed by atoms with E-state index in [0.29, 0.717) is 9.21 Å². The third kappa shape index (κ3) is 5.16. The fourth-order valence-electron chi connectivity index (χ4n) is 1.46. The molecule has 0 aliphatic carbocycles. The maximum Gasteiger partial charge on any atom is 0.234 e. The van der Waals surface area contributed by atoms with E-state index in [2.05, 4.69) is 5.32 Å². The number of hydrogen-bond acceptors (Lipinski definition) is 4. The van der Waals surface area contributed by atoms with Gasteiger partial charge in [-0.1, -0.05) is 11.6 Å². The number of halogens is 1. The average Bonchev–Trinajstić information content (AvgIpc) is 2.62. The van der Waals surface area contributed by atoms with Crippen molar-refractivity contribution < 1.29 is 9.59 Å². The summed E-state index contributed by atoms with van der Waals surface area (Å²) in [5.74, 6) is -0.101. The second-order valence-corrected chi connectivity index (χ2v) is 6.14. The number of hydrogen-bond donors (Lipinski definition) is 1. The number of nitrogens with zero attached hydrogens (tertiary/aromatic N) is 1. The van der Waals surface area contributed by atoms with Crippen LogP contribution in [0, 0.1) is 0 Å². The number of Topliss-reactive ketones (excluding diaryl/α,β-unsaturated/α-hetero) is 1. The average molecular weight is 289 g/mol. The SMILES string of the molecule is CC(C)NC(=O)CN(C)CC(=O)c1ccc(Cl)s1. The molecule has 0 atom stereocenters. The molecule has 0 saturated heterocycles. The Labute approximate surface area is 116 Å². The van der Waals surface area contributed by atoms with Crippen LogP contribution in [0.3, 0.4) is 0 Å². The van der Waals surface area contributed by atoms with Crippen LogP contribution < -0.4 is 5.32 Å². The van der Waals surface area contributed by atoms with Crippen molar-refractivity contribution in [1.29, 1.82) is 0 Å². The summed E-state index contributed by atoms with van der Waals surface area (Å²) in [6.45, 7) is 4.22. The van der Waals surface area contributed by atoms with Gasteiger partial charge in [0.15, 0.2) is 5.78 Å². The summed E-state index contributed by atoms with van der Waals surface area (Å²) in [5.41, 5.74) is 0. The molecule has 0 aromatic carbocycles. The molecule has 1 rings (SSSR count). The van der Waals surface area contributed by atoms with Crippen LogP contribution in [0.4, 0.5) is 0 Å². The molecular formula is C12H17ClN2O2S. The molecule has 1 N–H and O–H groups in total. The summed E-state index contributed by atoms with van der Waals surface area (Å²) in [5, 5.41) is 2.78. The largest absolute Gasteiger partial charge is 0.353 e. The van der Waals surface area contributed by atoms with Gasteiger partial charge in [-0.25, -0.2) is 0 Å². The van der Waals surface area contributed by atoms with Crippen molar-refractivity contribution in [3.63, 3.8) is 0 Å². The van der Waals surface area contributed by atoms with E-state index < -0.39 is 0 Å². The van der Waals surface area contributed by atoms with Crippen LogP contribution >= 0.6 is 22.9 Å². The Morgan fingerprint density at radius 3 is 2.56 bits per heavy atom. The molecule has 0 aliphatic rings. The highest BCUT2D eigenvalue weighted by Gasteiger charge is 2.14. The summed E-state index contributed by atoms with van der Waals surface area (Å²) in [6.07, 6.45) is 0. The Morgan fingerprint density at radius 2 is 2.06 bits per heavy atom. The van der Waals surface area contributed by atoms with Gasteiger partial charge in [0.05, 0.1) is 22.3 Å². The summed E-state index contributed by atoms with van der Waals surface area (Å²) in [7, 11) is 1.74. The maximum absolute atomic E-state index is 11.9. The van der Waals surface area contributed by atoms with Crippen LogP contribution in [0.25, 0.3) is 0 Å². The third-order valence-corrected chi connectivity index (χ3v) is 3.40. The van der Waals surface area contributed by atoms with E-state index in [1.54, 1.807) is 24.1 Å². The molecule has 0 aliphatic heterocycles. The van der Waals surface area contributed by atoms with Crippen LogP contribution in [0.1, 0.15) is 23.5 Å². The summed E-state index contributed by atoms with van der Waals surface area (Å²) < 4.78 is 0.596. The Balaban J connectivity index is 2.42. The molecule has 1 amide bonds. The number of carbonyl (C=O) groups excluding carboxylic acids is 2. The van der Waals surface area contributed by atoms with Crippen molar-refractivity contribution in [2.75, 3.05) is 20.1 Å². The fourth-order valence-corrected chi connectivity index (χ4v) is 2.43. The van der Waals surface area contributed by atoms with Gasteiger partial charge in [0.1, 0.15) is 0 Å². The van der Waals surface area contributed by atoms with Crippen molar-refractivity contribution in [3.05, 3.63) is 21.3 Å². The van der Waals surface area contributed by atoms with Gasteiger partial charge in [-0.15, -0.1) is 11.3 Å². The molecular weight excluding hydrogens is 272 g/mol. The van der Waals surface area contributed by atoms with Gasteiger partial charge in [0.25, 0.3) is 0 Å². The molecule has 18 heavy (non-hydrogen) atoms. The molecule has 0 saturated carbocycles. The minimum atomic E-state index is -0.0792. The molecule has 0 unspecified atom stereocenters. The number of rotatable bonds is 6. The van der Waals surface area contributed by atoms with E-state index in [9.17, 15) is 9.59 Å². The zero-order valence-corrected chi connectivity index (χ0v) is 12.3. The minimum absolute atomic E-state index is 0.0215. The van der Waals surface area contributed by atoms with Crippen LogP contribution in [0.5, 0.6) is 0 Å². The highest BCUT2D eigenvalue weighted by Crippen LogP contribution is 2.21. The lowest BCUT2D eigenvalue weighted by atomic mass is 10.3. The smallest absolute Gasteiger partial charge is 0.234 e. The maximum atomic E-state index is 11.9. The standard InChI is InChI=1S/C12H17ClN2O2S/c1-8(2)14-12(17)7-15(3)6-9(16)10-4-5-11(13)18-10/h4-5,8H,6-7H2,1-3H3,(H,14,17). The van der Waals surface area contributed by atoms with Crippen LogP contribution in [0.15, 0.2) is 12.1 Å². The molecule has 6 heteroatoms. The molecule has 0 bridgehead atoms. The first kappa shape index (κ1) is 15.1. The van der Waals surface area contributed by atoms with Crippen molar-refractivity contribution in [2.45, 2.75) is 19.9 Å². The normalized spacial score (nSPS) is 11.0. The predicted octanol–water partition coefficient (Wildman–Crippen LogP) is 2.04. The summed E-state index contributed by atoms with van der Waals surface area (Å²) in [4.78, 5) is 25.7. The van der Waals surface area contributed by atoms with Crippen LogP contribution in [-0.2, 0) is 4.79 Å². The number of carbonyl (C=O) groups is 2. The van der Waals surface area contributed by atoms with E-state index in [1.807, 2.05) is 13.8 Å². The van der Waals surface area contributed by atoms with E-state index in [4.69, 9.17) is 11.6 Å². The zero-order valence-electron chi connectivity index (χ0n) is 10.7. The molecule has 0 spiro atoms. The zero-order chi connectivity index (χ0) is 13.7. The van der Waals surface area contributed by atoms with E-state index in [0.717, 1.165) is 0 Å². The molecule has 0 fully saturated rings. The lowest BCUT2D eigenvalue weighted by Gasteiger charge is -2.16. The number of amides is 1. The van der Waals surface area contributed by atoms with Gasteiger partial charge in [-0.3, -0.25) is 14.5 Å². The van der Waals surface area contributed by atoms with Gasteiger partial charge in [0.2, 0.25) is 5.91 Å². The Morgan fingerprint density at radius 1 is 1.39 bits per heavy atom. The number of nitrogens with one attached hydrogen (secondary N) is 1. The van der Waals surface area contributed by atoms with Crippen LogP contribution in [-0.4, -0.2) is 42.8 Å². The van der Waals surface area contributed by atoms with E-state index in [-0.39, 0.29) is 30.8 Å². The second kappa shape index (κ2) is 6.87. The molecule has 1 aromatic rings.